The van der Waals surface area contributed by atoms with Gasteiger partial charge in [-0.3, -0.25) is 4.98 Å². The van der Waals surface area contributed by atoms with Crippen LogP contribution in [0.5, 0.6) is 0 Å². The smallest absolute Gasteiger partial charge is 0.0652 e. The second kappa shape index (κ2) is 5.61. The molecule has 0 aliphatic carbocycles. The number of rotatable bonds is 3. The molecular weight excluding hydrogens is 268 g/mol. The lowest BCUT2D eigenvalue weighted by Gasteiger charge is -2.14. The fourth-order valence-corrected chi connectivity index (χ4v) is 2.67. The van der Waals surface area contributed by atoms with Crippen LogP contribution in [0.25, 0.3) is 10.8 Å². The minimum atomic E-state index is -0.139. The van der Waals surface area contributed by atoms with E-state index in [2.05, 4.69) is 17.1 Å². The Morgan fingerprint density at radius 2 is 1.90 bits per heavy atom. The first-order valence-corrected chi connectivity index (χ1v) is 6.95. The second-order valence-corrected chi connectivity index (χ2v) is 5.29. The number of pyridine rings is 1. The van der Waals surface area contributed by atoms with Crippen molar-refractivity contribution in [3.8, 4) is 0 Å². The molecule has 2 N–H and O–H groups in total. The minimum Gasteiger partial charge on any atom is -0.322 e. The topological polar surface area (TPSA) is 38.9 Å². The molecule has 0 aliphatic heterocycles. The van der Waals surface area contributed by atoms with Crippen LogP contribution in [-0.4, -0.2) is 4.98 Å². The van der Waals surface area contributed by atoms with Crippen LogP contribution >= 0.6 is 11.6 Å². The molecule has 2 nitrogen and oxygen atoms in total. The summed E-state index contributed by atoms with van der Waals surface area (Å²) < 4.78 is 0. The van der Waals surface area contributed by atoms with Crippen molar-refractivity contribution in [1.82, 2.24) is 4.98 Å². The highest BCUT2D eigenvalue weighted by Crippen LogP contribution is 2.23. The molecule has 1 atom stereocenters. The van der Waals surface area contributed by atoms with Crippen LogP contribution < -0.4 is 5.73 Å². The molecule has 1 heterocycles. The van der Waals surface area contributed by atoms with E-state index in [4.69, 9.17) is 17.3 Å². The zero-order valence-corrected chi connectivity index (χ0v) is 11.7. The molecule has 0 saturated heterocycles. The number of benzene rings is 2. The van der Waals surface area contributed by atoms with Gasteiger partial charge in [0.25, 0.3) is 0 Å². The lowest BCUT2D eigenvalue weighted by atomic mass is 9.99. The largest absolute Gasteiger partial charge is 0.322 e. The Morgan fingerprint density at radius 3 is 2.75 bits per heavy atom. The van der Waals surface area contributed by atoms with Gasteiger partial charge >= 0.3 is 0 Å². The van der Waals surface area contributed by atoms with Crippen LogP contribution in [0.3, 0.4) is 0 Å². The number of aromatic nitrogens is 1. The summed E-state index contributed by atoms with van der Waals surface area (Å²) in [5, 5.41) is 3.02. The lowest BCUT2D eigenvalue weighted by molar-refractivity contribution is 0.704. The predicted octanol–water partition coefficient (Wildman–Crippen LogP) is 4.13. The van der Waals surface area contributed by atoms with Gasteiger partial charge in [-0.05, 0) is 35.6 Å². The van der Waals surface area contributed by atoms with Gasteiger partial charge in [-0.25, -0.2) is 0 Å². The zero-order chi connectivity index (χ0) is 13.9. The third kappa shape index (κ3) is 2.67. The molecule has 20 heavy (non-hydrogen) atoms. The van der Waals surface area contributed by atoms with Gasteiger partial charge in [0.1, 0.15) is 0 Å². The summed E-state index contributed by atoms with van der Waals surface area (Å²) in [6.45, 7) is 0. The van der Waals surface area contributed by atoms with Gasteiger partial charge < -0.3 is 5.73 Å². The lowest BCUT2D eigenvalue weighted by Crippen LogP contribution is -2.15. The number of halogens is 1. The molecule has 100 valence electrons. The summed E-state index contributed by atoms with van der Waals surface area (Å²) in [4.78, 5) is 4.47. The van der Waals surface area contributed by atoms with E-state index in [1.165, 1.54) is 5.39 Å². The summed E-state index contributed by atoms with van der Waals surface area (Å²) in [5.41, 5.74) is 8.40. The highest BCUT2D eigenvalue weighted by atomic mass is 35.5. The summed E-state index contributed by atoms with van der Waals surface area (Å²) in [7, 11) is 0. The van der Waals surface area contributed by atoms with E-state index >= 15 is 0 Å². The maximum Gasteiger partial charge on any atom is 0.0652 e. The molecule has 0 aliphatic rings. The monoisotopic (exact) mass is 282 g/mol. The van der Waals surface area contributed by atoms with Crippen LogP contribution in [0.15, 0.2) is 60.8 Å². The Kier molecular flexibility index (Phi) is 3.68. The van der Waals surface area contributed by atoms with E-state index in [-0.39, 0.29) is 6.04 Å². The Bertz CT molecular complexity index is 734. The van der Waals surface area contributed by atoms with E-state index in [0.717, 1.165) is 28.1 Å². The second-order valence-electron chi connectivity index (χ2n) is 4.86. The van der Waals surface area contributed by atoms with Gasteiger partial charge in [0.15, 0.2) is 0 Å². The van der Waals surface area contributed by atoms with Gasteiger partial charge in [-0.15, -0.1) is 0 Å². The average molecular weight is 283 g/mol. The molecule has 1 aromatic heterocycles. The number of nitrogens with zero attached hydrogens (tertiary/aromatic N) is 1. The Balaban J connectivity index is 1.94. The normalized spacial score (nSPS) is 12.5. The number of hydrogen-bond donors (Lipinski definition) is 1. The molecule has 3 heteroatoms. The highest BCUT2D eigenvalue weighted by Gasteiger charge is 2.12. The van der Waals surface area contributed by atoms with Crippen molar-refractivity contribution in [1.29, 1.82) is 0 Å². The summed E-state index contributed by atoms with van der Waals surface area (Å²) in [6, 6.07) is 17.8. The van der Waals surface area contributed by atoms with Gasteiger partial charge in [0.2, 0.25) is 0 Å². The fourth-order valence-electron chi connectivity index (χ4n) is 2.45. The third-order valence-electron chi connectivity index (χ3n) is 3.40. The molecule has 0 amide bonds. The standard InChI is InChI=1S/C17H15ClN2/c18-14-6-3-4-12(10-14)11-16(19)17-15-7-2-1-5-13(15)8-9-20-17/h1-10,16H,11,19H2. The van der Waals surface area contributed by atoms with E-state index in [1.54, 1.807) is 0 Å². The SMILES string of the molecule is NC(Cc1cccc(Cl)c1)c1nccc2ccccc12. The molecule has 1 unspecified atom stereocenters. The summed E-state index contributed by atoms with van der Waals surface area (Å²) >= 11 is 6.01. The van der Waals surface area contributed by atoms with Crippen molar-refractivity contribution in [3.05, 3.63) is 77.1 Å². The van der Waals surface area contributed by atoms with Crippen LogP contribution in [-0.2, 0) is 6.42 Å². The van der Waals surface area contributed by atoms with Crippen LogP contribution in [0, 0.1) is 0 Å². The van der Waals surface area contributed by atoms with Gasteiger partial charge in [-0.2, -0.15) is 0 Å². The van der Waals surface area contributed by atoms with Gasteiger partial charge in [-0.1, -0.05) is 48.0 Å². The zero-order valence-electron chi connectivity index (χ0n) is 11.0. The third-order valence-corrected chi connectivity index (χ3v) is 3.64. The number of fused-ring (bicyclic) bond motifs is 1. The molecule has 0 bridgehead atoms. The van der Waals surface area contributed by atoms with E-state index in [0.29, 0.717) is 0 Å². The predicted molar refractivity (Wildman–Crippen MR) is 83.8 cm³/mol. The molecular formula is C17H15ClN2. The summed E-state index contributed by atoms with van der Waals surface area (Å²) in [5.74, 6) is 0. The van der Waals surface area contributed by atoms with Crippen molar-refractivity contribution < 1.29 is 0 Å². The van der Waals surface area contributed by atoms with Crippen molar-refractivity contribution in [2.24, 2.45) is 5.73 Å². The van der Waals surface area contributed by atoms with E-state index in [1.807, 2.05) is 48.7 Å². The molecule has 0 fully saturated rings. The van der Waals surface area contributed by atoms with Crippen molar-refractivity contribution in [2.75, 3.05) is 0 Å². The Labute approximate surface area is 123 Å². The van der Waals surface area contributed by atoms with E-state index in [9.17, 15) is 0 Å². The molecule has 0 saturated carbocycles. The van der Waals surface area contributed by atoms with Gasteiger partial charge in [0, 0.05) is 16.6 Å². The Hall–Kier alpha value is -1.90. The number of hydrogen-bond acceptors (Lipinski definition) is 2. The first-order valence-electron chi connectivity index (χ1n) is 6.58. The molecule has 0 radical (unpaired) electrons. The molecule has 3 rings (SSSR count). The van der Waals surface area contributed by atoms with Crippen LogP contribution in [0.2, 0.25) is 5.02 Å². The van der Waals surface area contributed by atoms with Crippen molar-refractivity contribution in [2.45, 2.75) is 12.5 Å². The van der Waals surface area contributed by atoms with Crippen molar-refractivity contribution in [3.63, 3.8) is 0 Å². The van der Waals surface area contributed by atoms with Crippen LogP contribution in [0.1, 0.15) is 17.3 Å². The van der Waals surface area contributed by atoms with E-state index < -0.39 is 0 Å². The van der Waals surface area contributed by atoms with Gasteiger partial charge in [0.05, 0.1) is 11.7 Å². The molecule has 0 spiro atoms. The average Bonchev–Trinajstić information content (AvgIpc) is 2.46. The first-order chi connectivity index (χ1) is 9.74. The number of nitrogens with two attached hydrogens (primary N) is 1. The minimum absolute atomic E-state index is 0.139. The van der Waals surface area contributed by atoms with Crippen molar-refractivity contribution >= 4 is 22.4 Å². The molecule has 2 aromatic carbocycles. The Morgan fingerprint density at radius 1 is 1.05 bits per heavy atom. The maximum absolute atomic E-state index is 6.34. The molecule has 3 aromatic rings. The maximum atomic E-state index is 6.34. The quantitative estimate of drug-likeness (QED) is 0.784. The first kappa shape index (κ1) is 13.1. The fraction of sp³-hybridized carbons (Fsp3) is 0.118. The summed E-state index contributed by atoms with van der Waals surface area (Å²) in [6.07, 6.45) is 2.54. The highest BCUT2D eigenvalue weighted by molar-refractivity contribution is 6.30. The van der Waals surface area contributed by atoms with Crippen LogP contribution in [0.4, 0.5) is 0 Å².